The molecule has 5 nitrogen and oxygen atoms in total. The predicted octanol–water partition coefficient (Wildman–Crippen LogP) is 4.09. The summed E-state index contributed by atoms with van der Waals surface area (Å²) < 4.78 is 5.38. The number of likely N-dealkylation sites (tertiary alicyclic amines) is 1. The van der Waals surface area contributed by atoms with Crippen molar-refractivity contribution in [3.8, 4) is 0 Å². The molecule has 0 saturated carbocycles. The summed E-state index contributed by atoms with van der Waals surface area (Å²) in [6, 6.07) is 13.6. The van der Waals surface area contributed by atoms with E-state index >= 15 is 0 Å². The molecule has 3 rings (SSSR count). The maximum Gasteiger partial charge on any atom is 0.411 e. The first kappa shape index (κ1) is 18.2. The quantitative estimate of drug-likeness (QED) is 0.900. The minimum absolute atomic E-state index is 0.102. The number of carbonyl (C=O) groups excluding carboxylic acids is 1. The van der Waals surface area contributed by atoms with Gasteiger partial charge >= 0.3 is 12.1 Å². The number of hydrogen-bond acceptors (Lipinski definition) is 3. The van der Waals surface area contributed by atoms with Crippen molar-refractivity contribution in [2.45, 2.75) is 45.3 Å². The van der Waals surface area contributed by atoms with Crippen molar-refractivity contribution in [1.82, 2.24) is 4.90 Å². The molecular weight excluding hydrogens is 330 g/mol. The van der Waals surface area contributed by atoms with E-state index in [-0.39, 0.29) is 5.92 Å². The minimum atomic E-state index is -0.975. The Kier molecular flexibility index (Phi) is 4.90. The molecule has 1 N–H and O–H groups in total. The maximum atomic E-state index is 12.4. The summed E-state index contributed by atoms with van der Waals surface area (Å²) in [7, 11) is 0. The number of aliphatic carboxylic acids is 1. The largest absolute Gasteiger partial charge is 0.480 e. The summed E-state index contributed by atoms with van der Waals surface area (Å²) >= 11 is 0. The third-order valence-electron chi connectivity index (χ3n) is 4.64. The summed E-state index contributed by atoms with van der Waals surface area (Å²) in [5, 5.41) is 11.9. The van der Waals surface area contributed by atoms with Gasteiger partial charge in [0.2, 0.25) is 0 Å². The molecule has 2 aromatic carbocycles. The molecule has 2 aromatic rings. The second-order valence-electron chi connectivity index (χ2n) is 7.97. The highest BCUT2D eigenvalue weighted by Gasteiger charge is 2.41. The summed E-state index contributed by atoms with van der Waals surface area (Å²) in [6.45, 7) is 5.74. The number of carbonyl (C=O) groups is 2. The fourth-order valence-corrected chi connectivity index (χ4v) is 3.53. The minimum Gasteiger partial charge on any atom is -0.480 e. The SMILES string of the molecule is CC(C)(C)OC(=O)N1C[C@H](Cc2ccc3ccccc3c2)C[C@H]1C(=O)O. The highest BCUT2D eigenvalue weighted by molar-refractivity contribution is 5.83. The second kappa shape index (κ2) is 6.98. The van der Waals surface area contributed by atoms with Crippen molar-refractivity contribution < 1.29 is 19.4 Å². The molecule has 5 heteroatoms. The first-order valence-corrected chi connectivity index (χ1v) is 8.93. The predicted molar refractivity (Wildman–Crippen MR) is 100 cm³/mol. The van der Waals surface area contributed by atoms with Crippen LogP contribution in [0.25, 0.3) is 10.8 Å². The highest BCUT2D eigenvalue weighted by Crippen LogP contribution is 2.29. The van der Waals surface area contributed by atoms with E-state index in [1.54, 1.807) is 20.8 Å². The molecule has 0 radical (unpaired) electrons. The lowest BCUT2D eigenvalue weighted by molar-refractivity contribution is -0.142. The zero-order valence-corrected chi connectivity index (χ0v) is 15.4. The zero-order chi connectivity index (χ0) is 18.9. The van der Waals surface area contributed by atoms with Crippen LogP contribution in [0.5, 0.6) is 0 Å². The lowest BCUT2D eigenvalue weighted by atomic mass is 9.95. The third kappa shape index (κ3) is 4.15. The van der Waals surface area contributed by atoms with Gasteiger partial charge in [-0.25, -0.2) is 9.59 Å². The number of nitrogens with zero attached hydrogens (tertiary/aromatic N) is 1. The lowest BCUT2D eigenvalue weighted by Crippen LogP contribution is -2.43. The van der Waals surface area contributed by atoms with Gasteiger partial charge in [0.05, 0.1) is 0 Å². The molecular formula is C21H25NO4. The topological polar surface area (TPSA) is 66.8 Å². The molecule has 1 aliphatic heterocycles. The second-order valence-corrected chi connectivity index (χ2v) is 7.97. The van der Waals surface area contributed by atoms with E-state index in [1.165, 1.54) is 15.7 Å². The van der Waals surface area contributed by atoms with Gasteiger partial charge < -0.3 is 9.84 Å². The van der Waals surface area contributed by atoms with Gasteiger partial charge in [0.25, 0.3) is 0 Å². The summed E-state index contributed by atoms with van der Waals surface area (Å²) in [4.78, 5) is 25.4. The van der Waals surface area contributed by atoms with Gasteiger partial charge in [-0.3, -0.25) is 4.90 Å². The van der Waals surface area contributed by atoms with Crippen LogP contribution < -0.4 is 0 Å². The fraction of sp³-hybridized carbons (Fsp3) is 0.429. The van der Waals surface area contributed by atoms with Crippen molar-refractivity contribution in [1.29, 1.82) is 0 Å². The molecule has 138 valence electrons. The van der Waals surface area contributed by atoms with Crippen LogP contribution in [0.4, 0.5) is 4.79 Å². The Morgan fingerprint density at radius 3 is 2.50 bits per heavy atom. The first-order valence-electron chi connectivity index (χ1n) is 8.93. The van der Waals surface area contributed by atoms with Crippen molar-refractivity contribution in [2.24, 2.45) is 5.92 Å². The Bertz CT molecular complexity index is 824. The van der Waals surface area contributed by atoms with Crippen LogP contribution in [0.3, 0.4) is 0 Å². The maximum absolute atomic E-state index is 12.4. The molecule has 1 saturated heterocycles. The van der Waals surface area contributed by atoms with Gasteiger partial charge in [-0.15, -0.1) is 0 Å². The number of carboxylic acids is 1. The highest BCUT2D eigenvalue weighted by atomic mass is 16.6. The Labute approximate surface area is 153 Å². The monoisotopic (exact) mass is 355 g/mol. The van der Waals surface area contributed by atoms with E-state index in [4.69, 9.17) is 4.74 Å². The lowest BCUT2D eigenvalue weighted by Gasteiger charge is -2.26. The van der Waals surface area contributed by atoms with Crippen LogP contribution in [0.2, 0.25) is 0 Å². The van der Waals surface area contributed by atoms with E-state index < -0.39 is 23.7 Å². The van der Waals surface area contributed by atoms with Crippen molar-refractivity contribution in [3.05, 3.63) is 48.0 Å². The van der Waals surface area contributed by atoms with Crippen LogP contribution in [0.1, 0.15) is 32.8 Å². The van der Waals surface area contributed by atoms with Crippen LogP contribution in [-0.4, -0.2) is 40.3 Å². The van der Waals surface area contributed by atoms with Crippen LogP contribution in [0.15, 0.2) is 42.5 Å². The molecule has 26 heavy (non-hydrogen) atoms. The van der Waals surface area contributed by atoms with Crippen molar-refractivity contribution in [3.63, 3.8) is 0 Å². The molecule has 0 unspecified atom stereocenters. The number of benzene rings is 2. The standard InChI is InChI=1S/C21H25NO4/c1-21(2,3)26-20(25)22-13-15(12-18(22)19(23)24)10-14-8-9-16-6-4-5-7-17(16)11-14/h4-9,11,15,18H,10,12-13H2,1-3H3,(H,23,24)/t15-,18+/m1/s1. The van der Waals surface area contributed by atoms with Gasteiger partial charge in [-0.05, 0) is 55.9 Å². The number of hydrogen-bond donors (Lipinski definition) is 1. The molecule has 1 fully saturated rings. The first-order chi connectivity index (χ1) is 12.2. The Balaban J connectivity index is 1.74. The molecule has 0 bridgehead atoms. The normalized spacial score (nSPS) is 20.3. The van der Waals surface area contributed by atoms with Gasteiger partial charge in [0, 0.05) is 6.54 Å². The van der Waals surface area contributed by atoms with E-state index in [9.17, 15) is 14.7 Å². The number of carboxylic acid groups (broad SMARTS) is 1. The number of amides is 1. The average Bonchev–Trinajstić information content (AvgIpc) is 2.97. The molecule has 1 heterocycles. The fourth-order valence-electron chi connectivity index (χ4n) is 3.53. The number of ether oxygens (including phenoxy) is 1. The summed E-state index contributed by atoms with van der Waals surface area (Å²) in [6.07, 6.45) is 0.640. The molecule has 1 amide bonds. The van der Waals surface area contributed by atoms with Gasteiger partial charge in [0.1, 0.15) is 11.6 Å². The Morgan fingerprint density at radius 1 is 1.15 bits per heavy atom. The number of fused-ring (bicyclic) bond motifs is 1. The van der Waals surface area contributed by atoms with Gasteiger partial charge in [0.15, 0.2) is 0 Å². The van der Waals surface area contributed by atoms with Crippen molar-refractivity contribution in [2.75, 3.05) is 6.54 Å². The third-order valence-corrected chi connectivity index (χ3v) is 4.64. The van der Waals surface area contributed by atoms with Crippen molar-refractivity contribution >= 4 is 22.8 Å². The van der Waals surface area contributed by atoms with E-state index in [0.29, 0.717) is 13.0 Å². The van der Waals surface area contributed by atoms with Crippen LogP contribution in [-0.2, 0) is 16.0 Å². The molecule has 0 aromatic heterocycles. The molecule has 1 aliphatic rings. The Hall–Kier alpha value is -2.56. The summed E-state index contributed by atoms with van der Waals surface area (Å²) in [5.41, 5.74) is 0.514. The molecule has 0 spiro atoms. The van der Waals surface area contributed by atoms with E-state index in [1.807, 2.05) is 12.1 Å². The van der Waals surface area contributed by atoms with Gasteiger partial charge in [-0.2, -0.15) is 0 Å². The number of rotatable bonds is 3. The van der Waals surface area contributed by atoms with Crippen LogP contribution in [0, 0.1) is 5.92 Å². The van der Waals surface area contributed by atoms with Gasteiger partial charge in [-0.1, -0.05) is 42.5 Å². The smallest absolute Gasteiger partial charge is 0.411 e. The Morgan fingerprint density at radius 2 is 1.85 bits per heavy atom. The molecule has 0 aliphatic carbocycles. The zero-order valence-electron chi connectivity index (χ0n) is 15.4. The average molecular weight is 355 g/mol. The summed E-state index contributed by atoms with van der Waals surface area (Å²) in [5.74, 6) is -0.873. The van der Waals surface area contributed by atoms with E-state index in [0.717, 1.165) is 12.0 Å². The van der Waals surface area contributed by atoms with E-state index in [2.05, 4.69) is 30.3 Å². The molecule has 2 atom stereocenters. The van der Waals surface area contributed by atoms with Crippen LogP contribution >= 0.6 is 0 Å².